The van der Waals surface area contributed by atoms with Gasteiger partial charge in [0.05, 0.1) is 0 Å². The van der Waals surface area contributed by atoms with Crippen LogP contribution in [-0.2, 0) is 6.54 Å². The highest BCUT2D eigenvalue weighted by atomic mass is 35.5. The van der Waals surface area contributed by atoms with Crippen molar-refractivity contribution in [2.45, 2.75) is 13.5 Å². The number of halogens is 1. The predicted octanol–water partition coefficient (Wildman–Crippen LogP) is 4.28. The monoisotopic (exact) mass is 245 g/mol. The Hall–Kier alpha value is -1.47. The Balaban J connectivity index is 2.11. The van der Waals surface area contributed by atoms with Gasteiger partial charge >= 0.3 is 0 Å². The molecule has 0 aromatic heterocycles. The van der Waals surface area contributed by atoms with Crippen molar-refractivity contribution in [2.24, 2.45) is 0 Å². The molecule has 2 heteroatoms. The molecule has 1 nitrogen and oxygen atoms in total. The maximum absolute atomic E-state index is 5.87. The molecule has 0 radical (unpaired) electrons. The lowest BCUT2D eigenvalue weighted by Gasteiger charge is -2.19. The van der Waals surface area contributed by atoms with E-state index < -0.39 is 0 Å². The molecule has 0 fully saturated rings. The van der Waals surface area contributed by atoms with Crippen molar-refractivity contribution in [1.82, 2.24) is 0 Å². The Morgan fingerprint density at radius 2 is 1.76 bits per heavy atom. The first-order valence-electron chi connectivity index (χ1n) is 5.67. The third-order valence-electron chi connectivity index (χ3n) is 2.78. The average molecular weight is 246 g/mol. The third kappa shape index (κ3) is 3.24. The van der Waals surface area contributed by atoms with Crippen LogP contribution in [0.15, 0.2) is 48.5 Å². The van der Waals surface area contributed by atoms with E-state index in [1.54, 1.807) is 0 Å². The molecule has 17 heavy (non-hydrogen) atoms. The quantitative estimate of drug-likeness (QED) is 0.780. The molecule has 0 aliphatic rings. The van der Waals surface area contributed by atoms with Crippen LogP contribution in [0.4, 0.5) is 5.69 Å². The van der Waals surface area contributed by atoms with Gasteiger partial charge in [-0.05, 0) is 42.3 Å². The Bertz CT molecular complexity index is 491. The van der Waals surface area contributed by atoms with E-state index in [4.69, 9.17) is 11.6 Å². The van der Waals surface area contributed by atoms with Gasteiger partial charge < -0.3 is 4.90 Å². The Kier molecular flexibility index (Phi) is 3.70. The summed E-state index contributed by atoms with van der Waals surface area (Å²) in [5.74, 6) is 0. The molecule has 2 aromatic rings. The van der Waals surface area contributed by atoms with E-state index in [1.165, 1.54) is 16.8 Å². The molecule has 0 N–H and O–H groups in total. The van der Waals surface area contributed by atoms with Gasteiger partial charge in [0.2, 0.25) is 0 Å². The molecule has 0 atom stereocenters. The largest absolute Gasteiger partial charge is 0.370 e. The Morgan fingerprint density at radius 3 is 2.41 bits per heavy atom. The first-order chi connectivity index (χ1) is 8.15. The number of hydrogen-bond acceptors (Lipinski definition) is 1. The predicted molar refractivity (Wildman–Crippen MR) is 74.7 cm³/mol. The number of rotatable bonds is 3. The van der Waals surface area contributed by atoms with Crippen molar-refractivity contribution in [2.75, 3.05) is 11.9 Å². The Morgan fingerprint density at radius 1 is 1.06 bits per heavy atom. The number of hydrogen-bond donors (Lipinski definition) is 0. The molecular formula is C15H16ClN. The zero-order valence-electron chi connectivity index (χ0n) is 10.2. The molecule has 88 valence electrons. The minimum atomic E-state index is 0.784. The summed E-state index contributed by atoms with van der Waals surface area (Å²) in [6.07, 6.45) is 0. The van der Waals surface area contributed by atoms with E-state index in [0.29, 0.717) is 0 Å². The van der Waals surface area contributed by atoms with Gasteiger partial charge in [0.15, 0.2) is 0 Å². The van der Waals surface area contributed by atoms with Crippen LogP contribution in [0.1, 0.15) is 11.1 Å². The fraction of sp³-hybridized carbons (Fsp3) is 0.200. The van der Waals surface area contributed by atoms with Crippen molar-refractivity contribution < 1.29 is 0 Å². The second kappa shape index (κ2) is 5.24. The summed E-state index contributed by atoms with van der Waals surface area (Å²) in [6, 6.07) is 16.5. The standard InChI is InChI=1S/C15H16ClN/c1-12-4-3-5-15(10-12)17(2)11-13-6-8-14(16)9-7-13/h3-10H,11H2,1-2H3. The summed E-state index contributed by atoms with van der Waals surface area (Å²) in [5.41, 5.74) is 3.78. The van der Waals surface area contributed by atoms with E-state index >= 15 is 0 Å². The fourth-order valence-electron chi connectivity index (χ4n) is 1.82. The molecule has 0 bridgehead atoms. The van der Waals surface area contributed by atoms with Gasteiger partial charge in [-0.3, -0.25) is 0 Å². The number of benzene rings is 2. The number of aryl methyl sites for hydroxylation is 1. The highest BCUT2D eigenvalue weighted by Crippen LogP contribution is 2.17. The third-order valence-corrected chi connectivity index (χ3v) is 3.03. The first-order valence-corrected chi connectivity index (χ1v) is 6.05. The van der Waals surface area contributed by atoms with Gasteiger partial charge in [0, 0.05) is 24.3 Å². The van der Waals surface area contributed by atoms with Gasteiger partial charge in [-0.25, -0.2) is 0 Å². The molecule has 2 rings (SSSR count). The van der Waals surface area contributed by atoms with Gasteiger partial charge in [-0.2, -0.15) is 0 Å². The maximum atomic E-state index is 5.87. The smallest absolute Gasteiger partial charge is 0.0426 e. The van der Waals surface area contributed by atoms with Gasteiger partial charge in [0.25, 0.3) is 0 Å². The summed E-state index contributed by atoms with van der Waals surface area (Å²) in [5, 5.41) is 0.784. The zero-order valence-corrected chi connectivity index (χ0v) is 10.9. The maximum Gasteiger partial charge on any atom is 0.0426 e. The summed E-state index contributed by atoms with van der Waals surface area (Å²) < 4.78 is 0. The van der Waals surface area contributed by atoms with Crippen molar-refractivity contribution in [3.8, 4) is 0 Å². The van der Waals surface area contributed by atoms with Gasteiger partial charge in [-0.1, -0.05) is 35.9 Å². The minimum absolute atomic E-state index is 0.784. The van der Waals surface area contributed by atoms with Crippen molar-refractivity contribution in [3.05, 3.63) is 64.7 Å². The van der Waals surface area contributed by atoms with Crippen LogP contribution in [-0.4, -0.2) is 7.05 Å². The lowest BCUT2D eigenvalue weighted by molar-refractivity contribution is 0.922. The second-order valence-electron chi connectivity index (χ2n) is 4.32. The van der Waals surface area contributed by atoms with Crippen LogP contribution in [0.25, 0.3) is 0 Å². The molecule has 0 unspecified atom stereocenters. The first kappa shape index (κ1) is 12.0. The molecule has 0 spiro atoms. The van der Waals surface area contributed by atoms with Crippen molar-refractivity contribution >= 4 is 17.3 Å². The van der Waals surface area contributed by atoms with Crippen molar-refractivity contribution in [3.63, 3.8) is 0 Å². The lowest BCUT2D eigenvalue weighted by atomic mass is 10.2. The van der Waals surface area contributed by atoms with E-state index in [2.05, 4.69) is 55.3 Å². The topological polar surface area (TPSA) is 3.24 Å². The molecule has 0 amide bonds. The molecule has 0 saturated heterocycles. The Labute approximate surface area is 108 Å². The van der Waals surface area contributed by atoms with Crippen LogP contribution >= 0.6 is 11.6 Å². The van der Waals surface area contributed by atoms with E-state index in [1.807, 2.05) is 12.1 Å². The molecule has 0 aliphatic carbocycles. The van der Waals surface area contributed by atoms with Crippen LogP contribution in [0, 0.1) is 6.92 Å². The lowest BCUT2D eigenvalue weighted by Crippen LogP contribution is -2.16. The zero-order chi connectivity index (χ0) is 12.3. The molecule has 2 aromatic carbocycles. The normalized spacial score (nSPS) is 10.3. The van der Waals surface area contributed by atoms with E-state index in [9.17, 15) is 0 Å². The number of nitrogens with zero attached hydrogens (tertiary/aromatic N) is 1. The summed E-state index contributed by atoms with van der Waals surface area (Å²) in [6.45, 7) is 3.00. The highest BCUT2D eigenvalue weighted by molar-refractivity contribution is 6.30. The second-order valence-corrected chi connectivity index (χ2v) is 4.76. The van der Waals surface area contributed by atoms with Crippen LogP contribution in [0.2, 0.25) is 5.02 Å². The molecular weight excluding hydrogens is 230 g/mol. The summed E-state index contributed by atoms with van der Waals surface area (Å²) in [7, 11) is 2.10. The van der Waals surface area contributed by atoms with Crippen LogP contribution in [0.5, 0.6) is 0 Å². The van der Waals surface area contributed by atoms with E-state index in [0.717, 1.165) is 11.6 Å². The average Bonchev–Trinajstić information content (AvgIpc) is 2.32. The number of anilines is 1. The fourth-order valence-corrected chi connectivity index (χ4v) is 1.95. The summed E-state index contributed by atoms with van der Waals surface area (Å²) in [4.78, 5) is 2.23. The molecule has 0 heterocycles. The molecule has 0 saturated carbocycles. The molecule has 0 aliphatic heterocycles. The SMILES string of the molecule is Cc1cccc(N(C)Cc2ccc(Cl)cc2)c1. The van der Waals surface area contributed by atoms with Gasteiger partial charge in [0.1, 0.15) is 0 Å². The highest BCUT2D eigenvalue weighted by Gasteiger charge is 2.02. The minimum Gasteiger partial charge on any atom is -0.370 e. The van der Waals surface area contributed by atoms with Crippen LogP contribution < -0.4 is 4.90 Å². The van der Waals surface area contributed by atoms with Gasteiger partial charge in [-0.15, -0.1) is 0 Å². The van der Waals surface area contributed by atoms with Crippen LogP contribution in [0.3, 0.4) is 0 Å². The van der Waals surface area contributed by atoms with Crippen molar-refractivity contribution in [1.29, 1.82) is 0 Å². The van der Waals surface area contributed by atoms with E-state index in [-0.39, 0.29) is 0 Å². The summed E-state index contributed by atoms with van der Waals surface area (Å²) >= 11 is 5.87.